The molecule has 1 fully saturated rings. The maximum atomic E-state index is 4.59. The van der Waals surface area contributed by atoms with Gasteiger partial charge in [0.2, 0.25) is 0 Å². The highest BCUT2D eigenvalue weighted by Crippen LogP contribution is 2.28. The smallest absolute Gasteiger partial charge is 0.131 e. The number of aromatic nitrogens is 4. The Balaban J connectivity index is 1.67. The molecule has 98 valence electrons. The molecule has 0 saturated carbocycles. The quantitative estimate of drug-likeness (QED) is 0.821. The molecule has 0 spiro atoms. The summed E-state index contributed by atoms with van der Waals surface area (Å²) < 4.78 is 0. The monoisotopic (exact) mass is 255 g/mol. The van der Waals surface area contributed by atoms with Crippen molar-refractivity contribution in [1.82, 2.24) is 19.9 Å². The molecule has 0 unspecified atom stereocenters. The normalized spacial score (nSPS) is 16.6. The summed E-state index contributed by atoms with van der Waals surface area (Å²) in [5, 5.41) is 0. The summed E-state index contributed by atoms with van der Waals surface area (Å²) in [5.41, 5.74) is 2.12. The van der Waals surface area contributed by atoms with Gasteiger partial charge >= 0.3 is 0 Å². The number of aryl methyl sites for hydroxylation is 1. The average molecular weight is 255 g/mol. The summed E-state index contributed by atoms with van der Waals surface area (Å²) in [7, 11) is 0. The first-order chi connectivity index (χ1) is 9.33. The van der Waals surface area contributed by atoms with Crippen molar-refractivity contribution in [1.29, 1.82) is 0 Å². The minimum Gasteiger partial charge on any atom is -0.356 e. The third-order valence-corrected chi connectivity index (χ3v) is 3.58. The van der Waals surface area contributed by atoms with Crippen LogP contribution >= 0.6 is 0 Å². The predicted octanol–water partition coefficient (Wildman–Crippen LogP) is 1.96. The molecular weight excluding hydrogens is 238 g/mol. The van der Waals surface area contributed by atoms with Gasteiger partial charge in [0.05, 0.1) is 11.4 Å². The van der Waals surface area contributed by atoms with Crippen LogP contribution in [-0.4, -0.2) is 33.0 Å². The van der Waals surface area contributed by atoms with E-state index in [0.29, 0.717) is 5.92 Å². The molecule has 1 aliphatic rings. The van der Waals surface area contributed by atoms with Gasteiger partial charge in [-0.05, 0) is 25.8 Å². The van der Waals surface area contributed by atoms with Gasteiger partial charge in [0, 0.05) is 37.6 Å². The average Bonchev–Trinajstić information content (AvgIpc) is 2.48. The van der Waals surface area contributed by atoms with Gasteiger partial charge in [-0.25, -0.2) is 9.97 Å². The van der Waals surface area contributed by atoms with Crippen molar-refractivity contribution in [2.24, 2.45) is 0 Å². The first-order valence-electron chi connectivity index (χ1n) is 6.62. The molecule has 0 atom stereocenters. The molecule has 0 bridgehead atoms. The van der Waals surface area contributed by atoms with E-state index in [4.69, 9.17) is 0 Å². The van der Waals surface area contributed by atoms with E-state index in [1.807, 2.05) is 19.2 Å². The second-order valence-corrected chi connectivity index (χ2v) is 4.91. The van der Waals surface area contributed by atoms with Crippen LogP contribution in [-0.2, 0) is 0 Å². The lowest BCUT2D eigenvalue weighted by Gasteiger charge is -2.32. The van der Waals surface area contributed by atoms with E-state index in [1.165, 1.54) is 0 Å². The van der Waals surface area contributed by atoms with Crippen molar-refractivity contribution in [3.63, 3.8) is 0 Å². The van der Waals surface area contributed by atoms with E-state index in [2.05, 4.69) is 24.8 Å². The molecule has 3 rings (SSSR count). The standard InChI is InChI=1S/C14H17N5/c1-11-8-16-9-13(18-11)12-3-6-19(7-4-12)14-2-5-15-10-17-14/h2,5,8-10,12H,3-4,6-7H2,1H3. The van der Waals surface area contributed by atoms with Crippen LogP contribution in [0.4, 0.5) is 5.82 Å². The van der Waals surface area contributed by atoms with Crippen molar-refractivity contribution in [3.8, 4) is 0 Å². The molecule has 2 aromatic heterocycles. The molecule has 0 aromatic carbocycles. The molecular formula is C14H17N5. The van der Waals surface area contributed by atoms with Crippen LogP contribution in [0.1, 0.15) is 30.1 Å². The fourth-order valence-corrected chi connectivity index (χ4v) is 2.55. The van der Waals surface area contributed by atoms with Crippen LogP contribution in [0.5, 0.6) is 0 Å². The number of anilines is 1. The zero-order chi connectivity index (χ0) is 13.1. The fraction of sp³-hybridized carbons (Fsp3) is 0.429. The summed E-state index contributed by atoms with van der Waals surface area (Å²) in [4.78, 5) is 19.4. The summed E-state index contributed by atoms with van der Waals surface area (Å²) >= 11 is 0. The second-order valence-electron chi connectivity index (χ2n) is 4.91. The zero-order valence-corrected chi connectivity index (χ0v) is 11.0. The van der Waals surface area contributed by atoms with Crippen LogP contribution in [0, 0.1) is 6.92 Å². The summed E-state index contributed by atoms with van der Waals surface area (Å²) in [6, 6.07) is 1.97. The fourth-order valence-electron chi connectivity index (χ4n) is 2.55. The Morgan fingerprint density at radius 2 is 2.00 bits per heavy atom. The van der Waals surface area contributed by atoms with Crippen LogP contribution in [0.25, 0.3) is 0 Å². The van der Waals surface area contributed by atoms with E-state index in [-0.39, 0.29) is 0 Å². The minimum atomic E-state index is 0.519. The van der Waals surface area contributed by atoms with Crippen LogP contribution in [0.15, 0.2) is 31.0 Å². The molecule has 5 nitrogen and oxygen atoms in total. The number of nitrogens with zero attached hydrogens (tertiary/aromatic N) is 5. The van der Waals surface area contributed by atoms with E-state index in [0.717, 1.165) is 43.1 Å². The summed E-state index contributed by atoms with van der Waals surface area (Å²) in [6.07, 6.45) is 9.30. The van der Waals surface area contributed by atoms with Gasteiger partial charge in [-0.3, -0.25) is 9.97 Å². The van der Waals surface area contributed by atoms with Gasteiger partial charge in [0.25, 0.3) is 0 Å². The maximum absolute atomic E-state index is 4.59. The Bertz CT molecular complexity index is 535. The van der Waals surface area contributed by atoms with Crippen molar-refractivity contribution in [2.45, 2.75) is 25.7 Å². The second kappa shape index (κ2) is 5.30. The SMILES string of the molecule is Cc1cncc(C2CCN(c3ccncn3)CC2)n1. The van der Waals surface area contributed by atoms with Gasteiger partial charge in [0.1, 0.15) is 12.1 Å². The highest BCUT2D eigenvalue weighted by atomic mass is 15.2. The van der Waals surface area contributed by atoms with Gasteiger partial charge in [-0.2, -0.15) is 0 Å². The molecule has 0 N–H and O–H groups in total. The molecule has 1 saturated heterocycles. The highest BCUT2D eigenvalue weighted by molar-refractivity contribution is 5.37. The van der Waals surface area contributed by atoms with Crippen molar-refractivity contribution in [3.05, 3.63) is 42.4 Å². The third-order valence-electron chi connectivity index (χ3n) is 3.58. The van der Waals surface area contributed by atoms with Crippen LogP contribution < -0.4 is 4.90 Å². The van der Waals surface area contributed by atoms with Gasteiger partial charge in [-0.15, -0.1) is 0 Å². The van der Waals surface area contributed by atoms with Gasteiger partial charge < -0.3 is 4.90 Å². The minimum absolute atomic E-state index is 0.519. The lowest BCUT2D eigenvalue weighted by atomic mass is 9.94. The third kappa shape index (κ3) is 2.70. The number of rotatable bonds is 2. The van der Waals surface area contributed by atoms with Crippen molar-refractivity contribution in [2.75, 3.05) is 18.0 Å². The van der Waals surface area contributed by atoms with Gasteiger partial charge in [0.15, 0.2) is 0 Å². The molecule has 5 heteroatoms. The van der Waals surface area contributed by atoms with E-state index in [9.17, 15) is 0 Å². The lowest BCUT2D eigenvalue weighted by Crippen LogP contribution is -2.33. The van der Waals surface area contributed by atoms with E-state index < -0.39 is 0 Å². The Kier molecular flexibility index (Phi) is 3.35. The Hall–Kier alpha value is -2.04. The summed E-state index contributed by atoms with van der Waals surface area (Å²) in [5.74, 6) is 1.54. The molecule has 0 radical (unpaired) electrons. The zero-order valence-electron chi connectivity index (χ0n) is 11.0. The Labute approximate surface area is 112 Å². The summed E-state index contributed by atoms with van der Waals surface area (Å²) in [6.45, 7) is 4.02. The Morgan fingerprint density at radius 1 is 1.16 bits per heavy atom. The van der Waals surface area contributed by atoms with E-state index in [1.54, 1.807) is 18.7 Å². The van der Waals surface area contributed by atoms with Crippen LogP contribution in [0.3, 0.4) is 0 Å². The highest BCUT2D eigenvalue weighted by Gasteiger charge is 2.22. The van der Waals surface area contributed by atoms with Crippen molar-refractivity contribution >= 4 is 5.82 Å². The lowest BCUT2D eigenvalue weighted by molar-refractivity contribution is 0.491. The largest absolute Gasteiger partial charge is 0.356 e. The van der Waals surface area contributed by atoms with Crippen molar-refractivity contribution < 1.29 is 0 Å². The first kappa shape index (κ1) is 12.0. The molecule has 0 amide bonds. The topological polar surface area (TPSA) is 54.8 Å². The predicted molar refractivity (Wildman–Crippen MR) is 73.0 cm³/mol. The molecule has 3 heterocycles. The Morgan fingerprint density at radius 3 is 2.68 bits per heavy atom. The van der Waals surface area contributed by atoms with Crippen LogP contribution in [0.2, 0.25) is 0 Å². The number of hydrogen-bond donors (Lipinski definition) is 0. The maximum Gasteiger partial charge on any atom is 0.131 e. The first-order valence-corrected chi connectivity index (χ1v) is 6.62. The number of hydrogen-bond acceptors (Lipinski definition) is 5. The molecule has 0 aliphatic carbocycles. The molecule has 19 heavy (non-hydrogen) atoms. The molecule has 2 aromatic rings. The van der Waals surface area contributed by atoms with Gasteiger partial charge in [-0.1, -0.05) is 0 Å². The number of piperidine rings is 1. The van der Waals surface area contributed by atoms with E-state index >= 15 is 0 Å². The molecule has 1 aliphatic heterocycles.